The normalized spacial score (nSPS) is 10.3. The summed E-state index contributed by atoms with van der Waals surface area (Å²) in [6, 6.07) is 10.9. The molecule has 3 aromatic rings. The third-order valence-electron chi connectivity index (χ3n) is 3.04. The van der Waals surface area contributed by atoms with Gasteiger partial charge in [0.2, 0.25) is 5.88 Å². The highest BCUT2D eigenvalue weighted by Crippen LogP contribution is 2.29. The first-order valence-corrected chi connectivity index (χ1v) is 7.57. The van der Waals surface area contributed by atoms with Gasteiger partial charge in [0.15, 0.2) is 17.4 Å². The van der Waals surface area contributed by atoms with Crippen LogP contribution in [0.5, 0.6) is 17.4 Å². The zero-order valence-corrected chi connectivity index (χ0v) is 13.7. The molecule has 0 saturated heterocycles. The second kappa shape index (κ2) is 7.75. The monoisotopic (exact) mass is 377 g/mol. The third-order valence-corrected chi connectivity index (χ3v) is 3.24. The first kappa shape index (κ1) is 17.6. The maximum Gasteiger partial charge on any atom is 0.417 e. The van der Waals surface area contributed by atoms with E-state index in [4.69, 9.17) is 21.1 Å². The van der Waals surface area contributed by atoms with E-state index < -0.39 is 29.2 Å². The Bertz CT molecular complexity index is 942. The molecule has 1 heterocycles. The lowest BCUT2D eigenvalue weighted by Crippen LogP contribution is -2.17. The standard InChI is InChI=1S/C17H10ClF2N3O3/c18-15-8-16(22-9-21-15)26-14-7-11(19)13(6-12(14)20)23-17(24)25-10-4-2-1-3-5-10/h1-9H,(H,23,24). The van der Waals surface area contributed by atoms with Crippen LogP contribution in [0, 0.1) is 11.6 Å². The summed E-state index contributed by atoms with van der Waals surface area (Å²) in [5.41, 5.74) is -0.406. The number of benzene rings is 2. The largest absolute Gasteiger partial charge is 0.436 e. The molecule has 2 aromatic carbocycles. The van der Waals surface area contributed by atoms with E-state index in [-0.39, 0.29) is 16.8 Å². The van der Waals surface area contributed by atoms with Crippen molar-refractivity contribution < 1.29 is 23.0 Å². The molecule has 132 valence electrons. The van der Waals surface area contributed by atoms with Crippen LogP contribution >= 0.6 is 11.6 Å². The lowest BCUT2D eigenvalue weighted by molar-refractivity contribution is 0.215. The molecule has 3 rings (SSSR count). The summed E-state index contributed by atoms with van der Waals surface area (Å²) >= 11 is 5.67. The zero-order valence-electron chi connectivity index (χ0n) is 12.9. The summed E-state index contributed by atoms with van der Waals surface area (Å²) in [5, 5.41) is 2.20. The van der Waals surface area contributed by atoms with Crippen LogP contribution in [-0.4, -0.2) is 16.1 Å². The average Bonchev–Trinajstić information content (AvgIpc) is 2.60. The number of nitrogens with one attached hydrogen (secondary N) is 1. The highest BCUT2D eigenvalue weighted by Gasteiger charge is 2.15. The SMILES string of the molecule is O=C(Nc1cc(F)c(Oc2cc(Cl)ncn2)cc1F)Oc1ccccc1. The number of carbonyl (C=O) groups is 1. The maximum atomic E-state index is 14.1. The van der Waals surface area contributed by atoms with E-state index in [0.717, 1.165) is 18.5 Å². The summed E-state index contributed by atoms with van der Waals surface area (Å²) in [5.74, 6) is -2.08. The van der Waals surface area contributed by atoms with E-state index in [1.54, 1.807) is 30.3 Å². The van der Waals surface area contributed by atoms with Gasteiger partial charge in [-0.3, -0.25) is 5.32 Å². The third kappa shape index (κ3) is 4.42. The molecule has 9 heteroatoms. The molecular formula is C17H10ClF2N3O3. The topological polar surface area (TPSA) is 73.3 Å². The van der Waals surface area contributed by atoms with Gasteiger partial charge in [0.05, 0.1) is 5.69 Å². The van der Waals surface area contributed by atoms with Gasteiger partial charge in [-0.05, 0) is 12.1 Å². The van der Waals surface area contributed by atoms with Crippen LogP contribution in [0.15, 0.2) is 54.9 Å². The number of rotatable bonds is 4. The molecule has 0 fully saturated rings. The number of para-hydroxylation sites is 1. The van der Waals surface area contributed by atoms with E-state index in [1.165, 1.54) is 6.07 Å². The minimum Gasteiger partial charge on any atom is -0.436 e. The minimum absolute atomic E-state index is 0.0625. The fourth-order valence-corrected chi connectivity index (χ4v) is 2.06. The quantitative estimate of drug-likeness (QED) is 0.660. The van der Waals surface area contributed by atoms with Crippen LogP contribution in [0.2, 0.25) is 5.15 Å². The van der Waals surface area contributed by atoms with Crippen LogP contribution in [0.4, 0.5) is 19.3 Å². The molecule has 0 bridgehead atoms. The molecular weight excluding hydrogens is 368 g/mol. The molecule has 1 amide bonds. The molecule has 0 aliphatic rings. The maximum absolute atomic E-state index is 14.1. The molecule has 0 aliphatic heterocycles. The van der Waals surface area contributed by atoms with Crippen molar-refractivity contribution in [1.29, 1.82) is 0 Å². The van der Waals surface area contributed by atoms with E-state index >= 15 is 0 Å². The van der Waals surface area contributed by atoms with Gasteiger partial charge in [0, 0.05) is 18.2 Å². The van der Waals surface area contributed by atoms with E-state index in [1.807, 2.05) is 0 Å². The number of hydrogen-bond donors (Lipinski definition) is 1. The van der Waals surface area contributed by atoms with Gasteiger partial charge in [0.25, 0.3) is 0 Å². The molecule has 0 saturated carbocycles. The van der Waals surface area contributed by atoms with Crippen molar-refractivity contribution in [3.63, 3.8) is 0 Å². The Labute approximate surface area is 151 Å². The number of halogens is 3. The highest BCUT2D eigenvalue weighted by atomic mass is 35.5. The number of anilines is 1. The molecule has 1 aromatic heterocycles. The Hall–Kier alpha value is -3.26. The van der Waals surface area contributed by atoms with Crippen LogP contribution in [0.3, 0.4) is 0 Å². The van der Waals surface area contributed by atoms with E-state index in [0.29, 0.717) is 0 Å². The van der Waals surface area contributed by atoms with Crippen LogP contribution in [-0.2, 0) is 0 Å². The number of amides is 1. The van der Waals surface area contributed by atoms with Crippen molar-refractivity contribution in [3.8, 4) is 17.4 Å². The summed E-state index contributed by atoms with van der Waals surface area (Å²) in [6.45, 7) is 0. The second-order valence-corrected chi connectivity index (χ2v) is 5.26. The lowest BCUT2D eigenvalue weighted by atomic mass is 10.2. The van der Waals surface area contributed by atoms with Gasteiger partial charge in [-0.15, -0.1) is 0 Å². The fourth-order valence-electron chi connectivity index (χ4n) is 1.92. The van der Waals surface area contributed by atoms with E-state index in [2.05, 4.69) is 15.3 Å². The van der Waals surface area contributed by atoms with Crippen molar-refractivity contribution in [1.82, 2.24) is 9.97 Å². The van der Waals surface area contributed by atoms with Crippen LogP contribution < -0.4 is 14.8 Å². The lowest BCUT2D eigenvalue weighted by Gasteiger charge is -2.10. The Balaban J connectivity index is 1.73. The predicted octanol–water partition coefficient (Wildman–Crippen LogP) is 4.81. The van der Waals surface area contributed by atoms with Gasteiger partial charge < -0.3 is 9.47 Å². The van der Waals surface area contributed by atoms with E-state index in [9.17, 15) is 13.6 Å². The Kier molecular flexibility index (Phi) is 5.23. The summed E-state index contributed by atoms with van der Waals surface area (Å²) in [7, 11) is 0. The summed E-state index contributed by atoms with van der Waals surface area (Å²) in [4.78, 5) is 19.1. The Morgan fingerprint density at radius 1 is 1.04 bits per heavy atom. The van der Waals surface area contributed by atoms with Crippen molar-refractivity contribution in [2.75, 3.05) is 5.32 Å². The molecule has 0 radical (unpaired) electrons. The molecule has 26 heavy (non-hydrogen) atoms. The minimum atomic E-state index is -0.967. The van der Waals surface area contributed by atoms with Gasteiger partial charge in [0.1, 0.15) is 17.2 Å². The van der Waals surface area contributed by atoms with Crippen LogP contribution in [0.25, 0.3) is 0 Å². The molecule has 1 N–H and O–H groups in total. The van der Waals surface area contributed by atoms with Crippen molar-refractivity contribution in [3.05, 3.63) is 71.6 Å². The number of aromatic nitrogens is 2. The Morgan fingerprint density at radius 3 is 2.54 bits per heavy atom. The number of ether oxygens (including phenoxy) is 2. The van der Waals surface area contributed by atoms with Crippen molar-refractivity contribution in [2.45, 2.75) is 0 Å². The number of hydrogen-bond acceptors (Lipinski definition) is 5. The average molecular weight is 378 g/mol. The Morgan fingerprint density at radius 2 is 1.81 bits per heavy atom. The highest BCUT2D eigenvalue weighted by molar-refractivity contribution is 6.29. The van der Waals surface area contributed by atoms with Crippen molar-refractivity contribution >= 4 is 23.4 Å². The van der Waals surface area contributed by atoms with Gasteiger partial charge in [-0.1, -0.05) is 29.8 Å². The van der Waals surface area contributed by atoms with Gasteiger partial charge in [-0.25, -0.2) is 23.5 Å². The smallest absolute Gasteiger partial charge is 0.417 e. The number of nitrogens with zero attached hydrogens (tertiary/aromatic N) is 2. The van der Waals surface area contributed by atoms with Gasteiger partial charge >= 0.3 is 6.09 Å². The van der Waals surface area contributed by atoms with Crippen molar-refractivity contribution in [2.24, 2.45) is 0 Å². The summed E-state index contributed by atoms with van der Waals surface area (Å²) in [6.07, 6.45) is 0.146. The second-order valence-electron chi connectivity index (χ2n) is 4.87. The molecule has 0 unspecified atom stereocenters. The zero-order chi connectivity index (χ0) is 18.5. The fraction of sp³-hybridized carbons (Fsp3) is 0. The first-order valence-electron chi connectivity index (χ1n) is 7.19. The molecule has 6 nitrogen and oxygen atoms in total. The van der Waals surface area contributed by atoms with Gasteiger partial charge in [-0.2, -0.15) is 0 Å². The predicted molar refractivity (Wildman–Crippen MR) is 89.6 cm³/mol. The summed E-state index contributed by atoms with van der Waals surface area (Å²) < 4.78 is 38.4. The molecule has 0 aliphatic carbocycles. The number of carbonyl (C=O) groups excluding carboxylic acids is 1. The first-order chi connectivity index (χ1) is 12.5. The molecule has 0 spiro atoms. The molecule has 0 atom stereocenters. The van der Waals surface area contributed by atoms with Crippen LogP contribution in [0.1, 0.15) is 0 Å².